The van der Waals surface area contributed by atoms with Gasteiger partial charge in [-0.2, -0.15) is 0 Å². The number of benzene rings is 1. The topological polar surface area (TPSA) is 37.4 Å². The first-order valence-corrected chi connectivity index (χ1v) is 8.05. The van der Waals surface area contributed by atoms with Gasteiger partial charge in [-0.05, 0) is 30.5 Å². The van der Waals surface area contributed by atoms with Crippen LogP contribution in [0.5, 0.6) is 0 Å². The molecule has 0 N–H and O–H groups in total. The Hall–Kier alpha value is -1.59. The van der Waals surface area contributed by atoms with Crippen molar-refractivity contribution in [2.45, 2.75) is 22.8 Å². The first-order chi connectivity index (χ1) is 9.65. The molecule has 0 saturated carbocycles. The van der Waals surface area contributed by atoms with Gasteiger partial charge >= 0.3 is 0 Å². The first-order valence-electron chi connectivity index (χ1n) is 6.29. The van der Waals surface area contributed by atoms with Gasteiger partial charge in [-0.25, -0.2) is 4.90 Å². The molecule has 3 nitrogen and oxygen atoms in total. The summed E-state index contributed by atoms with van der Waals surface area (Å²) in [5.41, 5.74) is 1.78. The molecule has 1 aliphatic heterocycles. The third-order valence-corrected chi connectivity index (χ3v) is 5.41. The molecule has 2 heterocycles. The largest absolute Gasteiger partial charge is 0.274 e. The summed E-state index contributed by atoms with van der Waals surface area (Å²) >= 11 is 3.07. The monoisotopic (exact) mass is 303 g/mol. The molecule has 0 unspecified atom stereocenters. The minimum absolute atomic E-state index is 0.114. The Morgan fingerprint density at radius 2 is 1.95 bits per heavy atom. The van der Waals surface area contributed by atoms with Crippen molar-refractivity contribution in [3.8, 4) is 0 Å². The van der Waals surface area contributed by atoms with Crippen molar-refractivity contribution < 1.29 is 9.59 Å². The minimum atomic E-state index is -0.303. The molecule has 1 fully saturated rings. The van der Waals surface area contributed by atoms with Crippen molar-refractivity contribution in [3.63, 3.8) is 0 Å². The van der Waals surface area contributed by atoms with Crippen LogP contribution in [-0.4, -0.2) is 17.1 Å². The lowest BCUT2D eigenvalue weighted by atomic mass is 10.2. The standard InChI is InChI=1S/C15H13NO2S2/c1-10-4-6-11(7-5-10)16-13(17)9-12(15(16)18)20-14-3-2-8-19-14/h2-8,12H,9H2,1H3/t12-/m1/s1. The Kier molecular flexibility index (Phi) is 3.63. The molecule has 0 bridgehead atoms. The highest BCUT2D eigenvalue weighted by Crippen LogP contribution is 2.35. The van der Waals surface area contributed by atoms with E-state index in [1.807, 2.05) is 48.7 Å². The van der Waals surface area contributed by atoms with Crippen molar-refractivity contribution in [3.05, 3.63) is 47.3 Å². The smallest absolute Gasteiger partial charge is 0.247 e. The molecule has 0 spiro atoms. The normalized spacial score (nSPS) is 18.9. The number of nitrogens with zero attached hydrogens (tertiary/aromatic N) is 1. The molecule has 0 radical (unpaired) electrons. The van der Waals surface area contributed by atoms with Crippen molar-refractivity contribution in [1.29, 1.82) is 0 Å². The molecule has 1 aliphatic rings. The number of amides is 2. The predicted octanol–water partition coefficient (Wildman–Crippen LogP) is 3.48. The Balaban J connectivity index is 1.81. The molecule has 1 aromatic carbocycles. The van der Waals surface area contributed by atoms with E-state index < -0.39 is 0 Å². The Morgan fingerprint density at radius 3 is 2.60 bits per heavy atom. The van der Waals surface area contributed by atoms with E-state index in [0.717, 1.165) is 9.77 Å². The van der Waals surface area contributed by atoms with Crippen LogP contribution < -0.4 is 4.90 Å². The van der Waals surface area contributed by atoms with E-state index in [1.165, 1.54) is 16.7 Å². The van der Waals surface area contributed by atoms with Gasteiger partial charge < -0.3 is 0 Å². The van der Waals surface area contributed by atoms with Crippen LogP contribution in [0.1, 0.15) is 12.0 Å². The van der Waals surface area contributed by atoms with E-state index in [-0.39, 0.29) is 23.5 Å². The van der Waals surface area contributed by atoms with Crippen LogP contribution >= 0.6 is 23.1 Å². The summed E-state index contributed by atoms with van der Waals surface area (Å²) in [6.07, 6.45) is 0.273. The number of thiophene rings is 1. The van der Waals surface area contributed by atoms with Gasteiger partial charge in [0, 0.05) is 6.42 Å². The highest BCUT2D eigenvalue weighted by atomic mass is 32.2. The number of rotatable bonds is 3. The first kappa shape index (κ1) is 13.4. The van der Waals surface area contributed by atoms with E-state index in [9.17, 15) is 9.59 Å². The maximum Gasteiger partial charge on any atom is 0.247 e. The van der Waals surface area contributed by atoms with Crippen LogP contribution in [-0.2, 0) is 9.59 Å². The SMILES string of the molecule is Cc1ccc(N2C(=O)C[C@@H](Sc3cccs3)C2=O)cc1. The number of hydrogen-bond donors (Lipinski definition) is 0. The third-order valence-electron chi connectivity index (χ3n) is 3.15. The second kappa shape index (κ2) is 5.42. The molecule has 1 saturated heterocycles. The molecule has 5 heteroatoms. The molecule has 0 aliphatic carbocycles. The lowest BCUT2D eigenvalue weighted by Gasteiger charge is -2.14. The second-order valence-corrected chi connectivity index (χ2v) is 7.10. The quantitative estimate of drug-likeness (QED) is 0.815. The van der Waals surface area contributed by atoms with Crippen LogP contribution in [0, 0.1) is 6.92 Å². The molecular formula is C15H13NO2S2. The maximum absolute atomic E-state index is 12.4. The second-order valence-electron chi connectivity index (χ2n) is 4.65. The Labute approximate surface area is 125 Å². The van der Waals surface area contributed by atoms with Crippen molar-refractivity contribution in [1.82, 2.24) is 0 Å². The van der Waals surface area contributed by atoms with E-state index in [1.54, 1.807) is 11.3 Å². The summed E-state index contributed by atoms with van der Waals surface area (Å²) in [4.78, 5) is 25.8. The van der Waals surface area contributed by atoms with Crippen LogP contribution in [0.4, 0.5) is 5.69 Å². The summed E-state index contributed by atoms with van der Waals surface area (Å²) in [6.45, 7) is 1.98. The average molecular weight is 303 g/mol. The van der Waals surface area contributed by atoms with Crippen LogP contribution in [0.15, 0.2) is 46.0 Å². The fraction of sp³-hybridized carbons (Fsp3) is 0.200. The maximum atomic E-state index is 12.4. The number of carbonyl (C=O) groups is 2. The fourth-order valence-corrected chi connectivity index (χ4v) is 4.19. The van der Waals surface area contributed by atoms with Gasteiger partial charge in [0.1, 0.15) is 0 Å². The average Bonchev–Trinajstić information content (AvgIpc) is 3.02. The molecule has 3 rings (SSSR count). The lowest BCUT2D eigenvalue weighted by Crippen LogP contribution is -2.31. The van der Waals surface area contributed by atoms with Gasteiger partial charge in [-0.1, -0.05) is 23.8 Å². The van der Waals surface area contributed by atoms with E-state index in [0.29, 0.717) is 5.69 Å². The molecule has 2 aromatic rings. The van der Waals surface area contributed by atoms with E-state index in [2.05, 4.69) is 0 Å². The van der Waals surface area contributed by atoms with Gasteiger partial charge in [0.25, 0.3) is 0 Å². The summed E-state index contributed by atoms with van der Waals surface area (Å²) in [7, 11) is 0. The number of hydrogen-bond acceptors (Lipinski definition) is 4. The Morgan fingerprint density at radius 1 is 1.20 bits per heavy atom. The summed E-state index contributed by atoms with van der Waals surface area (Å²) in [5.74, 6) is -0.231. The molecule has 1 aromatic heterocycles. The zero-order valence-corrected chi connectivity index (χ0v) is 12.5. The Bertz CT molecular complexity index is 634. The zero-order chi connectivity index (χ0) is 14.1. The lowest BCUT2D eigenvalue weighted by molar-refractivity contribution is -0.121. The molecule has 1 atom stereocenters. The number of thioether (sulfide) groups is 1. The number of aryl methyl sites for hydroxylation is 1. The van der Waals surface area contributed by atoms with Crippen LogP contribution in [0.3, 0.4) is 0 Å². The molecule has 2 amide bonds. The zero-order valence-electron chi connectivity index (χ0n) is 10.9. The molecule has 102 valence electrons. The summed E-state index contributed by atoms with van der Waals surface area (Å²) in [6, 6.07) is 11.4. The number of imide groups is 1. The number of carbonyl (C=O) groups excluding carboxylic acids is 2. The highest BCUT2D eigenvalue weighted by molar-refractivity contribution is 8.02. The van der Waals surface area contributed by atoms with Gasteiger partial charge in [0.05, 0.1) is 15.1 Å². The predicted molar refractivity (Wildman–Crippen MR) is 82.3 cm³/mol. The highest BCUT2D eigenvalue weighted by Gasteiger charge is 2.40. The van der Waals surface area contributed by atoms with Gasteiger partial charge in [-0.3, -0.25) is 9.59 Å². The van der Waals surface area contributed by atoms with Gasteiger partial charge in [-0.15, -0.1) is 23.1 Å². The molecular weight excluding hydrogens is 290 g/mol. The van der Waals surface area contributed by atoms with E-state index >= 15 is 0 Å². The minimum Gasteiger partial charge on any atom is -0.274 e. The van der Waals surface area contributed by atoms with Crippen molar-refractivity contribution in [2.24, 2.45) is 0 Å². The van der Waals surface area contributed by atoms with Gasteiger partial charge in [0.2, 0.25) is 11.8 Å². The number of anilines is 1. The van der Waals surface area contributed by atoms with E-state index in [4.69, 9.17) is 0 Å². The third kappa shape index (κ3) is 2.51. The van der Waals surface area contributed by atoms with Crippen molar-refractivity contribution in [2.75, 3.05) is 4.90 Å². The van der Waals surface area contributed by atoms with Crippen LogP contribution in [0.25, 0.3) is 0 Å². The summed E-state index contributed by atoms with van der Waals surface area (Å²) in [5, 5.41) is 1.67. The van der Waals surface area contributed by atoms with Crippen molar-refractivity contribution >= 4 is 40.6 Å². The summed E-state index contributed by atoms with van der Waals surface area (Å²) < 4.78 is 1.07. The molecule has 20 heavy (non-hydrogen) atoms. The fourth-order valence-electron chi connectivity index (χ4n) is 2.13. The van der Waals surface area contributed by atoms with Crippen LogP contribution in [0.2, 0.25) is 0 Å². The van der Waals surface area contributed by atoms with Gasteiger partial charge in [0.15, 0.2) is 0 Å².